The highest BCUT2D eigenvalue weighted by molar-refractivity contribution is 6.13. The van der Waals surface area contributed by atoms with Crippen molar-refractivity contribution in [3.63, 3.8) is 0 Å². The van der Waals surface area contributed by atoms with Crippen molar-refractivity contribution in [1.29, 1.82) is 0 Å². The van der Waals surface area contributed by atoms with Crippen LogP contribution in [0.25, 0.3) is 22.2 Å². The molecule has 0 saturated carbocycles. The topological polar surface area (TPSA) is 89.6 Å². The van der Waals surface area contributed by atoms with Gasteiger partial charge in [-0.05, 0) is 61.5 Å². The number of carbonyl (C=O) groups excluding carboxylic acids is 2. The quantitative estimate of drug-likeness (QED) is 0.473. The van der Waals surface area contributed by atoms with Crippen LogP contribution in [0.4, 0.5) is 11.4 Å². The number of benzene rings is 3. The van der Waals surface area contributed by atoms with Crippen LogP contribution in [0.3, 0.4) is 0 Å². The molecule has 4 aromatic rings. The van der Waals surface area contributed by atoms with Gasteiger partial charge in [0.1, 0.15) is 11.5 Å². The van der Waals surface area contributed by atoms with Crippen LogP contribution in [-0.4, -0.2) is 30.0 Å². The first-order valence-electron chi connectivity index (χ1n) is 10.5. The lowest BCUT2D eigenvalue weighted by Crippen LogP contribution is -2.34. The van der Waals surface area contributed by atoms with Crippen LogP contribution in [0.2, 0.25) is 0 Å². The van der Waals surface area contributed by atoms with Crippen molar-refractivity contribution < 1.29 is 19.1 Å². The number of nitrogens with zero attached hydrogens (tertiary/aromatic N) is 1. The average Bonchev–Trinajstić information content (AvgIpc) is 2.84. The summed E-state index contributed by atoms with van der Waals surface area (Å²) in [6.07, 6.45) is -0.558. The molecule has 0 aliphatic carbocycles. The molecule has 0 saturated heterocycles. The molecule has 1 aromatic heterocycles. The van der Waals surface area contributed by atoms with E-state index in [1.807, 2.05) is 48.5 Å². The normalized spacial score (nSPS) is 14.7. The summed E-state index contributed by atoms with van der Waals surface area (Å²) in [6, 6.07) is 22.0. The van der Waals surface area contributed by atoms with Crippen molar-refractivity contribution >= 4 is 34.1 Å². The SMILES string of the molecule is COc1ccc(-c2cc(C(=O)Nc3ccc4c(c3)NC(=O)C(C)O4)c3ccccc3n2)cc1. The van der Waals surface area contributed by atoms with E-state index in [0.29, 0.717) is 28.4 Å². The molecule has 3 aromatic carbocycles. The Morgan fingerprint density at radius 3 is 2.64 bits per heavy atom. The van der Waals surface area contributed by atoms with Crippen molar-refractivity contribution in [3.05, 3.63) is 78.4 Å². The third kappa shape index (κ3) is 3.96. The molecule has 1 unspecified atom stereocenters. The second-order valence-electron chi connectivity index (χ2n) is 7.72. The summed E-state index contributed by atoms with van der Waals surface area (Å²) in [5.41, 5.74) is 3.84. The number of aromatic nitrogens is 1. The predicted octanol–water partition coefficient (Wildman–Crippen LogP) is 4.88. The van der Waals surface area contributed by atoms with Gasteiger partial charge in [-0.2, -0.15) is 0 Å². The highest BCUT2D eigenvalue weighted by atomic mass is 16.5. The molecule has 0 radical (unpaired) electrons. The van der Waals surface area contributed by atoms with Gasteiger partial charge in [0, 0.05) is 16.6 Å². The molecule has 1 atom stereocenters. The molecule has 7 nitrogen and oxygen atoms in total. The molecule has 0 spiro atoms. The van der Waals surface area contributed by atoms with Crippen molar-refractivity contribution in [1.82, 2.24) is 4.98 Å². The van der Waals surface area contributed by atoms with Crippen LogP contribution >= 0.6 is 0 Å². The fourth-order valence-electron chi connectivity index (χ4n) is 3.76. The molecule has 0 bridgehead atoms. The zero-order chi connectivity index (χ0) is 22.9. The molecular formula is C26H21N3O4. The minimum atomic E-state index is -0.558. The van der Waals surface area contributed by atoms with E-state index in [1.54, 1.807) is 38.3 Å². The van der Waals surface area contributed by atoms with Crippen LogP contribution in [0, 0.1) is 0 Å². The first-order valence-corrected chi connectivity index (χ1v) is 10.5. The number of carbonyl (C=O) groups is 2. The zero-order valence-corrected chi connectivity index (χ0v) is 18.1. The van der Waals surface area contributed by atoms with Gasteiger partial charge in [0.05, 0.1) is 29.6 Å². The fraction of sp³-hybridized carbons (Fsp3) is 0.115. The monoisotopic (exact) mass is 439 g/mol. The van der Waals surface area contributed by atoms with Gasteiger partial charge in [0.15, 0.2) is 6.10 Å². The number of hydrogen-bond acceptors (Lipinski definition) is 5. The number of methoxy groups -OCH3 is 1. The minimum Gasteiger partial charge on any atom is -0.497 e. The third-order valence-corrected chi connectivity index (χ3v) is 5.51. The van der Waals surface area contributed by atoms with E-state index in [0.717, 1.165) is 22.2 Å². The molecule has 5 rings (SSSR count). The largest absolute Gasteiger partial charge is 0.497 e. The van der Waals surface area contributed by atoms with Gasteiger partial charge in [-0.25, -0.2) is 4.98 Å². The lowest BCUT2D eigenvalue weighted by atomic mass is 10.0. The van der Waals surface area contributed by atoms with Gasteiger partial charge in [-0.3, -0.25) is 9.59 Å². The maximum absolute atomic E-state index is 13.3. The Morgan fingerprint density at radius 1 is 1.06 bits per heavy atom. The summed E-state index contributed by atoms with van der Waals surface area (Å²) >= 11 is 0. The smallest absolute Gasteiger partial charge is 0.265 e. The first kappa shape index (κ1) is 20.5. The molecule has 7 heteroatoms. The molecule has 2 N–H and O–H groups in total. The van der Waals surface area contributed by atoms with Gasteiger partial charge in [-0.15, -0.1) is 0 Å². The van der Waals surface area contributed by atoms with E-state index in [-0.39, 0.29) is 11.8 Å². The highest BCUT2D eigenvalue weighted by Gasteiger charge is 2.24. The summed E-state index contributed by atoms with van der Waals surface area (Å²) in [5, 5.41) is 6.47. The van der Waals surface area contributed by atoms with Crippen LogP contribution < -0.4 is 20.1 Å². The van der Waals surface area contributed by atoms with Gasteiger partial charge in [0.25, 0.3) is 11.8 Å². The van der Waals surface area contributed by atoms with E-state index in [1.165, 1.54) is 0 Å². The van der Waals surface area contributed by atoms with Crippen molar-refractivity contribution in [2.75, 3.05) is 17.7 Å². The number of fused-ring (bicyclic) bond motifs is 2. The summed E-state index contributed by atoms with van der Waals surface area (Å²) in [7, 11) is 1.62. The van der Waals surface area contributed by atoms with Crippen LogP contribution in [-0.2, 0) is 4.79 Å². The lowest BCUT2D eigenvalue weighted by Gasteiger charge is -2.23. The molecule has 33 heavy (non-hydrogen) atoms. The molecule has 2 amide bonds. The molecule has 2 heterocycles. The van der Waals surface area contributed by atoms with Crippen molar-refractivity contribution in [3.8, 4) is 22.8 Å². The second-order valence-corrected chi connectivity index (χ2v) is 7.72. The lowest BCUT2D eigenvalue weighted by molar-refractivity contribution is -0.122. The Hall–Kier alpha value is -4.39. The van der Waals surface area contributed by atoms with Crippen molar-refractivity contribution in [2.45, 2.75) is 13.0 Å². The van der Waals surface area contributed by atoms with Crippen LogP contribution in [0.15, 0.2) is 72.8 Å². The number of nitrogens with one attached hydrogen (secondary N) is 2. The van der Waals surface area contributed by atoms with Crippen LogP contribution in [0.5, 0.6) is 11.5 Å². The Kier molecular flexibility index (Phi) is 5.14. The maximum atomic E-state index is 13.3. The van der Waals surface area contributed by atoms with E-state index in [2.05, 4.69) is 10.6 Å². The van der Waals surface area contributed by atoms with E-state index >= 15 is 0 Å². The predicted molar refractivity (Wildman–Crippen MR) is 127 cm³/mol. The van der Waals surface area contributed by atoms with E-state index in [9.17, 15) is 9.59 Å². The third-order valence-electron chi connectivity index (χ3n) is 5.51. The number of hydrogen-bond donors (Lipinski definition) is 2. The number of ether oxygens (including phenoxy) is 2. The molecule has 164 valence electrons. The average molecular weight is 439 g/mol. The standard InChI is InChI=1S/C26H21N3O4/c1-15-25(30)29-23-13-17(9-12-24(23)33-15)27-26(31)20-14-22(16-7-10-18(32-2)11-8-16)28-21-6-4-3-5-19(20)21/h3-15H,1-2H3,(H,27,31)(H,29,30). The van der Waals surface area contributed by atoms with E-state index in [4.69, 9.17) is 14.5 Å². The van der Waals surface area contributed by atoms with Crippen LogP contribution in [0.1, 0.15) is 17.3 Å². The zero-order valence-electron chi connectivity index (χ0n) is 18.1. The number of anilines is 2. The molecule has 1 aliphatic heterocycles. The number of para-hydroxylation sites is 1. The second kappa shape index (κ2) is 8.27. The summed E-state index contributed by atoms with van der Waals surface area (Å²) < 4.78 is 10.8. The molecule has 0 fully saturated rings. The van der Waals surface area contributed by atoms with Gasteiger partial charge in [-0.1, -0.05) is 18.2 Å². The minimum absolute atomic E-state index is 0.227. The number of rotatable bonds is 4. The fourth-order valence-corrected chi connectivity index (χ4v) is 3.76. The Labute approximate surface area is 190 Å². The van der Waals surface area contributed by atoms with Gasteiger partial charge < -0.3 is 20.1 Å². The van der Waals surface area contributed by atoms with Gasteiger partial charge in [0.2, 0.25) is 0 Å². The molecule has 1 aliphatic rings. The van der Waals surface area contributed by atoms with Gasteiger partial charge >= 0.3 is 0 Å². The van der Waals surface area contributed by atoms with Crippen molar-refractivity contribution in [2.24, 2.45) is 0 Å². The first-order chi connectivity index (χ1) is 16.0. The summed E-state index contributed by atoms with van der Waals surface area (Å²) in [4.78, 5) is 30.0. The summed E-state index contributed by atoms with van der Waals surface area (Å²) in [5.74, 6) is 0.807. The van der Waals surface area contributed by atoms with E-state index < -0.39 is 6.10 Å². The highest BCUT2D eigenvalue weighted by Crippen LogP contribution is 2.33. The number of pyridine rings is 1. The Morgan fingerprint density at radius 2 is 1.85 bits per heavy atom. The Balaban J connectivity index is 1.50. The molecular weight excluding hydrogens is 418 g/mol. The Bertz CT molecular complexity index is 1380. The maximum Gasteiger partial charge on any atom is 0.265 e. The summed E-state index contributed by atoms with van der Waals surface area (Å²) in [6.45, 7) is 1.68. The number of amides is 2.